The Kier molecular flexibility index (Phi) is 5.09. The van der Waals surface area contributed by atoms with E-state index in [1.807, 2.05) is 11.6 Å². The fourth-order valence-corrected chi connectivity index (χ4v) is 4.67. The van der Waals surface area contributed by atoms with Crippen LogP contribution in [0.25, 0.3) is 0 Å². The molecule has 1 heterocycles. The molecule has 2 rings (SSSR count). The lowest BCUT2D eigenvalue weighted by atomic mass is 10.1. The maximum absolute atomic E-state index is 11.8. The Morgan fingerprint density at radius 3 is 2.71 bits per heavy atom. The Bertz CT molecular complexity index is 580. The van der Waals surface area contributed by atoms with Crippen molar-refractivity contribution in [1.29, 1.82) is 0 Å². The van der Waals surface area contributed by atoms with Crippen molar-refractivity contribution in [2.24, 2.45) is 5.92 Å². The molecule has 0 radical (unpaired) electrons. The van der Waals surface area contributed by atoms with Gasteiger partial charge in [-0.15, -0.1) is 0 Å². The second-order valence-electron chi connectivity index (χ2n) is 6.53. The van der Waals surface area contributed by atoms with Crippen LogP contribution in [0.1, 0.15) is 37.6 Å². The summed E-state index contributed by atoms with van der Waals surface area (Å²) in [5, 5.41) is 7.73. The number of hydrogen-bond donors (Lipinski definition) is 1. The van der Waals surface area contributed by atoms with Crippen LogP contribution < -0.4 is 5.32 Å². The quantitative estimate of drug-likeness (QED) is 0.868. The normalized spacial score (nSPS) is 24.4. The molecule has 0 spiro atoms. The lowest BCUT2D eigenvalue weighted by Gasteiger charge is -2.22. The molecule has 0 unspecified atom stereocenters. The Hall–Kier alpha value is -0.880. The first kappa shape index (κ1) is 16.5. The Balaban J connectivity index is 1.86. The van der Waals surface area contributed by atoms with Gasteiger partial charge in [-0.3, -0.25) is 4.68 Å². The molecule has 1 aliphatic carbocycles. The molecule has 0 bridgehead atoms. The fourth-order valence-electron chi connectivity index (χ4n) is 3.24. The largest absolute Gasteiger partial charge is 0.312 e. The van der Waals surface area contributed by atoms with Gasteiger partial charge in [-0.05, 0) is 45.2 Å². The lowest BCUT2D eigenvalue weighted by Crippen LogP contribution is -2.42. The van der Waals surface area contributed by atoms with Crippen molar-refractivity contribution in [3.05, 3.63) is 17.5 Å². The van der Waals surface area contributed by atoms with Crippen LogP contribution in [-0.2, 0) is 16.4 Å². The van der Waals surface area contributed by atoms with E-state index in [1.54, 1.807) is 0 Å². The van der Waals surface area contributed by atoms with Gasteiger partial charge in [0.2, 0.25) is 0 Å². The van der Waals surface area contributed by atoms with Gasteiger partial charge in [0, 0.05) is 24.5 Å². The summed E-state index contributed by atoms with van der Waals surface area (Å²) in [6.07, 6.45) is 4.12. The van der Waals surface area contributed by atoms with E-state index in [1.165, 1.54) is 11.9 Å². The van der Waals surface area contributed by atoms with Crippen molar-refractivity contribution in [2.45, 2.75) is 57.9 Å². The van der Waals surface area contributed by atoms with Crippen LogP contribution >= 0.6 is 0 Å². The van der Waals surface area contributed by atoms with Gasteiger partial charge in [-0.25, -0.2) is 8.42 Å². The molecule has 0 aromatic carbocycles. The Labute approximate surface area is 128 Å². The highest BCUT2D eigenvalue weighted by atomic mass is 32.2. The molecule has 1 aromatic rings. The van der Waals surface area contributed by atoms with E-state index in [2.05, 4.69) is 30.3 Å². The predicted molar refractivity (Wildman–Crippen MR) is 85.1 cm³/mol. The minimum absolute atomic E-state index is 0.114. The summed E-state index contributed by atoms with van der Waals surface area (Å²) in [6.45, 7) is 7.93. The number of aryl methyl sites for hydroxylation is 2. The van der Waals surface area contributed by atoms with Crippen molar-refractivity contribution < 1.29 is 8.42 Å². The second kappa shape index (κ2) is 6.48. The van der Waals surface area contributed by atoms with Crippen LogP contribution in [0.3, 0.4) is 0 Å². The maximum Gasteiger partial charge on any atom is 0.151 e. The Morgan fingerprint density at radius 1 is 1.43 bits per heavy atom. The first-order valence-electron chi connectivity index (χ1n) is 7.70. The molecule has 0 aliphatic heterocycles. The molecule has 120 valence electrons. The number of aromatic nitrogens is 2. The molecule has 1 saturated carbocycles. The van der Waals surface area contributed by atoms with E-state index in [0.29, 0.717) is 5.92 Å². The molecule has 1 aliphatic rings. The number of rotatable bonds is 6. The van der Waals surface area contributed by atoms with E-state index >= 15 is 0 Å². The standard InChI is InChI=1S/C15H27N3O2S/c1-11(10-18-13(3)8-12(2)17-18)9-16-14-6-5-7-15(14)21(4,19)20/h8,11,14-16H,5-7,9-10H2,1-4H3/t11-,14+,15+/m1/s1. The van der Waals surface area contributed by atoms with Gasteiger partial charge in [0.15, 0.2) is 9.84 Å². The minimum atomic E-state index is -2.94. The van der Waals surface area contributed by atoms with Crippen LogP contribution in [0.15, 0.2) is 6.07 Å². The average molecular weight is 313 g/mol. The summed E-state index contributed by atoms with van der Waals surface area (Å²) in [6, 6.07) is 2.19. The molecule has 0 saturated heterocycles. The lowest BCUT2D eigenvalue weighted by molar-refractivity contribution is 0.388. The molecule has 0 amide bonds. The molecule has 1 N–H and O–H groups in total. The van der Waals surface area contributed by atoms with Crippen molar-refractivity contribution in [2.75, 3.05) is 12.8 Å². The number of sulfone groups is 1. The SMILES string of the molecule is Cc1cc(C)n(C[C@H](C)CN[C@H]2CCC[C@@H]2S(C)(=O)=O)n1. The fraction of sp³-hybridized carbons (Fsp3) is 0.800. The van der Waals surface area contributed by atoms with Crippen molar-refractivity contribution >= 4 is 9.84 Å². The van der Waals surface area contributed by atoms with Crippen LogP contribution in [0, 0.1) is 19.8 Å². The van der Waals surface area contributed by atoms with Crippen LogP contribution in [0.5, 0.6) is 0 Å². The topological polar surface area (TPSA) is 64.0 Å². The third kappa shape index (κ3) is 4.30. The first-order chi connectivity index (χ1) is 9.77. The first-order valence-corrected chi connectivity index (χ1v) is 9.66. The summed E-state index contributed by atoms with van der Waals surface area (Å²) in [5.41, 5.74) is 2.22. The molecule has 21 heavy (non-hydrogen) atoms. The molecular weight excluding hydrogens is 286 g/mol. The van der Waals surface area contributed by atoms with Crippen molar-refractivity contribution in [3.63, 3.8) is 0 Å². The third-order valence-electron chi connectivity index (χ3n) is 4.32. The molecular formula is C15H27N3O2S. The van der Waals surface area contributed by atoms with Crippen molar-refractivity contribution in [3.8, 4) is 0 Å². The molecule has 3 atom stereocenters. The van der Waals surface area contributed by atoms with Gasteiger partial charge in [-0.2, -0.15) is 5.10 Å². The van der Waals surface area contributed by atoms with Gasteiger partial charge in [-0.1, -0.05) is 13.3 Å². The zero-order chi connectivity index (χ0) is 15.6. The zero-order valence-corrected chi connectivity index (χ0v) is 14.3. The zero-order valence-electron chi connectivity index (χ0n) is 13.5. The highest BCUT2D eigenvalue weighted by Gasteiger charge is 2.34. The molecule has 1 fully saturated rings. The monoisotopic (exact) mass is 313 g/mol. The summed E-state index contributed by atoms with van der Waals surface area (Å²) in [4.78, 5) is 0. The third-order valence-corrected chi connectivity index (χ3v) is 5.98. The van der Waals surface area contributed by atoms with Crippen molar-refractivity contribution in [1.82, 2.24) is 15.1 Å². The van der Waals surface area contributed by atoms with Gasteiger partial charge in [0.05, 0.1) is 10.9 Å². The smallest absolute Gasteiger partial charge is 0.151 e. The van der Waals surface area contributed by atoms with Gasteiger partial charge < -0.3 is 5.32 Å². The highest BCUT2D eigenvalue weighted by Crippen LogP contribution is 2.25. The van der Waals surface area contributed by atoms with E-state index < -0.39 is 9.84 Å². The van der Waals surface area contributed by atoms with Gasteiger partial charge in [0.25, 0.3) is 0 Å². The van der Waals surface area contributed by atoms with E-state index in [4.69, 9.17) is 0 Å². The van der Waals surface area contributed by atoms with Crippen LogP contribution in [0.2, 0.25) is 0 Å². The second-order valence-corrected chi connectivity index (χ2v) is 8.79. The van der Waals surface area contributed by atoms with Crippen LogP contribution in [0.4, 0.5) is 0 Å². The van der Waals surface area contributed by atoms with Crippen LogP contribution in [-0.4, -0.2) is 42.3 Å². The number of nitrogens with zero attached hydrogens (tertiary/aromatic N) is 2. The van der Waals surface area contributed by atoms with Gasteiger partial charge >= 0.3 is 0 Å². The predicted octanol–water partition coefficient (Wildman–Crippen LogP) is 1.69. The minimum Gasteiger partial charge on any atom is -0.312 e. The van der Waals surface area contributed by atoms with E-state index in [9.17, 15) is 8.42 Å². The maximum atomic E-state index is 11.8. The van der Waals surface area contributed by atoms with E-state index in [0.717, 1.165) is 38.0 Å². The summed E-state index contributed by atoms with van der Waals surface area (Å²) in [7, 11) is -2.94. The molecule has 6 heteroatoms. The van der Waals surface area contributed by atoms with Gasteiger partial charge in [0.1, 0.15) is 0 Å². The number of nitrogens with one attached hydrogen (secondary N) is 1. The molecule has 1 aromatic heterocycles. The average Bonchev–Trinajstić information content (AvgIpc) is 2.93. The van der Waals surface area contributed by atoms with E-state index in [-0.39, 0.29) is 11.3 Å². The summed E-state index contributed by atoms with van der Waals surface area (Å²) < 4.78 is 25.6. The summed E-state index contributed by atoms with van der Waals surface area (Å²) >= 11 is 0. The Morgan fingerprint density at radius 2 is 2.14 bits per heavy atom. The summed E-state index contributed by atoms with van der Waals surface area (Å²) in [5.74, 6) is 0.420. The molecule has 5 nitrogen and oxygen atoms in total. The highest BCUT2D eigenvalue weighted by molar-refractivity contribution is 7.91. The number of hydrogen-bond acceptors (Lipinski definition) is 4.